The third kappa shape index (κ3) is 3.50. The zero-order valence-electron chi connectivity index (χ0n) is 13.6. The van der Waals surface area contributed by atoms with E-state index in [1.165, 1.54) is 0 Å². The van der Waals surface area contributed by atoms with Gasteiger partial charge in [0.15, 0.2) is 0 Å². The Morgan fingerprint density at radius 2 is 1.92 bits per heavy atom. The molecule has 1 aromatic carbocycles. The molecular weight excluding hydrogens is 319 g/mol. The van der Waals surface area contributed by atoms with Crippen LogP contribution in [0.25, 0.3) is 0 Å². The van der Waals surface area contributed by atoms with Gasteiger partial charge < -0.3 is 15.5 Å². The second-order valence-electron chi connectivity index (χ2n) is 6.66. The summed E-state index contributed by atoms with van der Waals surface area (Å²) < 4.78 is 38.0. The molecule has 1 saturated carbocycles. The molecule has 2 N–H and O–H groups in total. The highest BCUT2D eigenvalue weighted by atomic mass is 19.4. The van der Waals surface area contributed by atoms with Crippen molar-refractivity contribution in [2.75, 3.05) is 31.6 Å². The van der Waals surface area contributed by atoms with E-state index in [-0.39, 0.29) is 11.9 Å². The number of benzene rings is 1. The van der Waals surface area contributed by atoms with E-state index in [0.29, 0.717) is 18.4 Å². The van der Waals surface area contributed by atoms with E-state index >= 15 is 0 Å². The third-order valence-electron chi connectivity index (χ3n) is 5.10. The van der Waals surface area contributed by atoms with Crippen LogP contribution in [0.5, 0.6) is 0 Å². The lowest BCUT2D eigenvalue weighted by atomic mass is 9.98. The summed E-state index contributed by atoms with van der Waals surface area (Å²) in [6.07, 6.45) is -2.28. The smallest absolute Gasteiger partial charge is 0.371 e. The molecule has 24 heavy (non-hydrogen) atoms. The van der Waals surface area contributed by atoms with Crippen LogP contribution in [0.3, 0.4) is 0 Å². The molecule has 4 nitrogen and oxygen atoms in total. The molecule has 0 bridgehead atoms. The van der Waals surface area contributed by atoms with Crippen molar-refractivity contribution in [1.29, 1.82) is 0 Å². The van der Waals surface area contributed by atoms with Crippen LogP contribution in [0.4, 0.5) is 18.9 Å². The maximum atomic E-state index is 12.7. The Kier molecular flexibility index (Phi) is 4.71. The van der Waals surface area contributed by atoms with E-state index in [9.17, 15) is 18.0 Å². The fourth-order valence-corrected chi connectivity index (χ4v) is 3.94. The summed E-state index contributed by atoms with van der Waals surface area (Å²) in [7, 11) is 1.74. The number of likely N-dealkylation sites (N-methyl/N-ethyl adjacent to an activating group) is 1. The fraction of sp³-hybridized carbons (Fsp3) is 0.588. The van der Waals surface area contributed by atoms with Gasteiger partial charge in [-0.2, -0.15) is 13.2 Å². The van der Waals surface area contributed by atoms with E-state index in [2.05, 4.69) is 15.5 Å². The number of hydrogen-bond donors (Lipinski definition) is 2. The second kappa shape index (κ2) is 6.63. The SMILES string of the molecule is CNCC(=O)N[C@H]1CC[C@@H]2CN(c3ccc(C(F)(F)F)cc3)C[C@@H]21. The lowest BCUT2D eigenvalue weighted by Crippen LogP contribution is -2.43. The van der Waals surface area contributed by atoms with Crippen LogP contribution in [-0.4, -0.2) is 38.6 Å². The summed E-state index contributed by atoms with van der Waals surface area (Å²) in [6.45, 7) is 1.92. The van der Waals surface area contributed by atoms with Gasteiger partial charge in [0.25, 0.3) is 0 Å². The lowest BCUT2D eigenvalue weighted by molar-refractivity contribution is -0.137. The molecule has 3 rings (SSSR count). The van der Waals surface area contributed by atoms with Gasteiger partial charge in [-0.25, -0.2) is 0 Å². The molecule has 0 unspecified atom stereocenters. The second-order valence-corrected chi connectivity index (χ2v) is 6.66. The number of rotatable bonds is 4. The van der Waals surface area contributed by atoms with Gasteiger partial charge in [0, 0.05) is 30.7 Å². The average Bonchev–Trinajstić information content (AvgIpc) is 3.09. The Hall–Kier alpha value is -1.76. The first-order valence-corrected chi connectivity index (χ1v) is 8.24. The highest BCUT2D eigenvalue weighted by Gasteiger charge is 2.43. The van der Waals surface area contributed by atoms with Crippen LogP contribution in [0.1, 0.15) is 18.4 Å². The summed E-state index contributed by atoms with van der Waals surface area (Å²) in [5, 5.41) is 5.91. The number of alkyl halides is 3. The van der Waals surface area contributed by atoms with Crippen molar-refractivity contribution >= 4 is 11.6 Å². The maximum absolute atomic E-state index is 12.7. The standard InChI is InChI=1S/C17H22F3N3O/c1-21-8-16(24)22-15-7-2-11-9-23(10-14(11)15)13-5-3-12(4-6-13)17(18,19)20/h3-6,11,14-15,21H,2,7-10H2,1H3,(H,22,24)/t11-,14+,15+/m1/s1. The van der Waals surface area contributed by atoms with Crippen molar-refractivity contribution in [3.8, 4) is 0 Å². The minimum absolute atomic E-state index is 0.00358. The summed E-state index contributed by atoms with van der Waals surface area (Å²) in [5.41, 5.74) is 0.195. The van der Waals surface area contributed by atoms with Crippen molar-refractivity contribution in [2.45, 2.75) is 25.1 Å². The van der Waals surface area contributed by atoms with Crippen LogP contribution in [0.15, 0.2) is 24.3 Å². The topological polar surface area (TPSA) is 44.4 Å². The molecule has 1 aliphatic carbocycles. The number of anilines is 1. The van der Waals surface area contributed by atoms with E-state index in [1.54, 1.807) is 19.2 Å². The Labute approximate surface area is 139 Å². The van der Waals surface area contributed by atoms with Gasteiger partial charge in [0.1, 0.15) is 0 Å². The number of hydrogen-bond acceptors (Lipinski definition) is 3. The minimum atomic E-state index is -4.30. The number of nitrogens with one attached hydrogen (secondary N) is 2. The number of carbonyl (C=O) groups is 1. The van der Waals surface area contributed by atoms with Crippen LogP contribution in [0, 0.1) is 11.8 Å². The molecule has 1 aromatic rings. The molecule has 0 spiro atoms. The molecular formula is C17H22F3N3O. The largest absolute Gasteiger partial charge is 0.416 e. The van der Waals surface area contributed by atoms with Gasteiger partial charge in [0.05, 0.1) is 12.1 Å². The van der Waals surface area contributed by atoms with Gasteiger partial charge in [-0.1, -0.05) is 0 Å². The average molecular weight is 341 g/mol. The Balaban J connectivity index is 1.64. The highest BCUT2D eigenvalue weighted by molar-refractivity contribution is 5.78. The lowest BCUT2D eigenvalue weighted by Gasteiger charge is -2.23. The zero-order valence-corrected chi connectivity index (χ0v) is 13.6. The molecule has 2 aliphatic rings. The predicted molar refractivity (Wildman–Crippen MR) is 85.7 cm³/mol. The van der Waals surface area contributed by atoms with E-state index in [1.807, 2.05) is 0 Å². The van der Waals surface area contributed by atoms with Gasteiger partial charge in [-0.05, 0) is 50.1 Å². The molecule has 1 saturated heterocycles. The molecule has 0 radical (unpaired) electrons. The highest BCUT2D eigenvalue weighted by Crippen LogP contribution is 2.40. The summed E-state index contributed by atoms with van der Waals surface area (Å²) in [5.74, 6) is 0.858. The Morgan fingerprint density at radius 3 is 2.54 bits per heavy atom. The van der Waals surface area contributed by atoms with Gasteiger partial charge in [-0.15, -0.1) is 0 Å². The van der Waals surface area contributed by atoms with Crippen molar-refractivity contribution in [1.82, 2.24) is 10.6 Å². The molecule has 132 valence electrons. The quantitative estimate of drug-likeness (QED) is 0.883. The van der Waals surface area contributed by atoms with Crippen molar-refractivity contribution < 1.29 is 18.0 Å². The first kappa shape index (κ1) is 17.1. The summed E-state index contributed by atoms with van der Waals surface area (Å²) >= 11 is 0. The minimum Gasteiger partial charge on any atom is -0.371 e. The van der Waals surface area contributed by atoms with E-state index in [0.717, 1.165) is 43.8 Å². The first-order valence-electron chi connectivity index (χ1n) is 8.24. The van der Waals surface area contributed by atoms with Crippen molar-refractivity contribution in [3.63, 3.8) is 0 Å². The molecule has 1 aliphatic heterocycles. The zero-order chi connectivity index (χ0) is 17.3. The Morgan fingerprint density at radius 1 is 1.21 bits per heavy atom. The van der Waals surface area contributed by atoms with Crippen molar-refractivity contribution in [2.24, 2.45) is 11.8 Å². The van der Waals surface area contributed by atoms with Crippen LogP contribution < -0.4 is 15.5 Å². The number of fused-ring (bicyclic) bond motifs is 1. The maximum Gasteiger partial charge on any atom is 0.416 e. The van der Waals surface area contributed by atoms with Crippen LogP contribution in [0.2, 0.25) is 0 Å². The molecule has 1 amide bonds. The number of nitrogens with zero attached hydrogens (tertiary/aromatic N) is 1. The third-order valence-corrected chi connectivity index (χ3v) is 5.10. The van der Waals surface area contributed by atoms with Gasteiger partial charge in [-0.3, -0.25) is 4.79 Å². The van der Waals surface area contributed by atoms with E-state index < -0.39 is 11.7 Å². The predicted octanol–water partition coefficient (Wildman–Crippen LogP) is 2.26. The van der Waals surface area contributed by atoms with Crippen molar-refractivity contribution in [3.05, 3.63) is 29.8 Å². The molecule has 1 heterocycles. The first-order chi connectivity index (χ1) is 11.4. The van der Waals surface area contributed by atoms with Crippen LogP contribution in [-0.2, 0) is 11.0 Å². The van der Waals surface area contributed by atoms with Gasteiger partial charge >= 0.3 is 6.18 Å². The normalized spacial score (nSPS) is 26.5. The van der Waals surface area contributed by atoms with Gasteiger partial charge in [0.2, 0.25) is 5.91 Å². The number of carbonyl (C=O) groups excluding carboxylic acids is 1. The number of halogens is 3. The monoisotopic (exact) mass is 341 g/mol. The number of amides is 1. The Bertz CT molecular complexity index is 588. The summed E-state index contributed by atoms with van der Waals surface area (Å²) in [6, 6.07) is 5.51. The van der Waals surface area contributed by atoms with Crippen LogP contribution >= 0.6 is 0 Å². The fourth-order valence-electron chi connectivity index (χ4n) is 3.94. The van der Waals surface area contributed by atoms with E-state index in [4.69, 9.17) is 0 Å². The summed E-state index contributed by atoms with van der Waals surface area (Å²) in [4.78, 5) is 13.9. The molecule has 2 fully saturated rings. The molecule has 0 aromatic heterocycles. The molecule has 7 heteroatoms. The molecule has 3 atom stereocenters.